The first-order chi connectivity index (χ1) is 14.6. The van der Waals surface area contributed by atoms with Gasteiger partial charge in [-0.25, -0.2) is 4.79 Å². The van der Waals surface area contributed by atoms with E-state index in [1.807, 2.05) is 0 Å². The number of methoxy groups -OCH3 is 1. The molecule has 1 fully saturated rings. The quantitative estimate of drug-likeness (QED) is 0.381. The molecule has 1 aliphatic rings. The van der Waals surface area contributed by atoms with Crippen LogP contribution >= 0.6 is 0 Å². The molecule has 0 aromatic heterocycles. The van der Waals surface area contributed by atoms with Crippen LogP contribution in [0.1, 0.15) is 40.5 Å². The van der Waals surface area contributed by atoms with Crippen LogP contribution in [0.25, 0.3) is 0 Å². The normalized spacial score (nSPS) is 15.0. The number of para-hydroxylation sites is 1. The first kappa shape index (κ1) is 24.6. The van der Waals surface area contributed by atoms with E-state index in [4.69, 9.17) is 14.2 Å². The number of piperazine rings is 1. The van der Waals surface area contributed by atoms with Gasteiger partial charge in [-0.1, -0.05) is 13.0 Å². The zero-order valence-corrected chi connectivity index (χ0v) is 19.0. The van der Waals surface area contributed by atoms with Crippen LogP contribution in [0.4, 0.5) is 16.2 Å². The van der Waals surface area contributed by atoms with E-state index in [9.17, 15) is 14.4 Å². The van der Waals surface area contributed by atoms with Gasteiger partial charge in [-0.3, -0.25) is 19.8 Å². The van der Waals surface area contributed by atoms with Crippen molar-refractivity contribution in [2.24, 2.45) is 0 Å². The standard InChI is InChI=1S/C22H33N3O6/c1-6-19(27)30-20-16(23-21(28)31-22(2,3)4)9-7-10-17(20)25-13-12-24(15-18(25)26)11-8-14-29-5/h7,9-10H,6,8,11-15H2,1-5H3,(H,23,28). The Morgan fingerprint density at radius 2 is 1.94 bits per heavy atom. The third-order valence-electron chi connectivity index (χ3n) is 4.55. The molecule has 9 heteroatoms. The van der Waals surface area contributed by atoms with E-state index < -0.39 is 17.7 Å². The highest BCUT2D eigenvalue weighted by Gasteiger charge is 2.29. The fraction of sp³-hybridized carbons (Fsp3) is 0.591. The summed E-state index contributed by atoms with van der Waals surface area (Å²) in [6, 6.07) is 5.01. The van der Waals surface area contributed by atoms with Gasteiger partial charge in [0.05, 0.1) is 17.9 Å². The molecule has 0 spiro atoms. The molecule has 1 N–H and O–H groups in total. The SMILES string of the molecule is CCC(=O)Oc1c(NC(=O)OC(C)(C)C)cccc1N1CCN(CCCOC)CC1=O. The lowest BCUT2D eigenvalue weighted by Gasteiger charge is -2.35. The molecule has 0 radical (unpaired) electrons. The second-order valence-electron chi connectivity index (χ2n) is 8.28. The van der Waals surface area contributed by atoms with E-state index in [2.05, 4.69) is 10.2 Å². The molecule has 9 nitrogen and oxygen atoms in total. The van der Waals surface area contributed by atoms with E-state index in [1.54, 1.807) is 57.9 Å². The smallest absolute Gasteiger partial charge is 0.412 e. The van der Waals surface area contributed by atoms with Crippen LogP contribution in [0.5, 0.6) is 5.75 Å². The highest BCUT2D eigenvalue weighted by atomic mass is 16.6. The van der Waals surface area contributed by atoms with Gasteiger partial charge in [0.2, 0.25) is 5.91 Å². The number of nitrogens with one attached hydrogen (secondary N) is 1. The van der Waals surface area contributed by atoms with Gasteiger partial charge in [0.15, 0.2) is 5.75 Å². The zero-order valence-electron chi connectivity index (χ0n) is 19.0. The summed E-state index contributed by atoms with van der Waals surface area (Å²) in [6.07, 6.45) is 0.326. The maximum Gasteiger partial charge on any atom is 0.412 e. The van der Waals surface area contributed by atoms with Crippen molar-refractivity contribution in [1.29, 1.82) is 0 Å². The fourth-order valence-electron chi connectivity index (χ4n) is 3.14. The number of amides is 2. The van der Waals surface area contributed by atoms with E-state index >= 15 is 0 Å². The molecule has 1 saturated heterocycles. The van der Waals surface area contributed by atoms with E-state index in [-0.39, 0.29) is 30.3 Å². The molecule has 0 unspecified atom stereocenters. The van der Waals surface area contributed by atoms with Gasteiger partial charge in [0.25, 0.3) is 0 Å². The van der Waals surface area contributed by atoms with Crippen LogP contribution in [-0.2, 0) is 19.1 Å². The lowest BCUT2D eigenvalue weighted by Crippen LogP contribution is -2.50. The molecule has 1 aromatic rings. The summed E-state index contributed by atoms with van der Waals surface area (Å²) in [7, 11) is 1.65. The minimum Gasteiger partial charge on any atom is -0.444 e. The first-order valence-corrected chi connectivity index (χ1v) is 10.5. The van der Waals surface area contributed by atoms with Gasteiger partial charge in [-0.05, 0) is 39.3 Å². The van der Waals surface area contributed by atoms with Crippen molar-refractivity contribution < 1.29 is 28.6 Å². The number of nitrogens with zero attached hydrogens (tertiary/aromatic N) is 2. The minimum absolute atomic E-state index is 0.105. The second-order valence-corrected chi connectivity index (χ2v) is 8.28. The number of hydrogen-bond donors (Lipinski definition) is 1. The van der Waals surface area contributed by atoms with Crippen LogP contribution in [0, 0.1) is 0 Å². The average molecular weight is 436 g/mol. The Morgan fingerprint density at radius 3 is 2.55 bits per heavy atom. The number of ether oxygens (including phenoxy) is 3. The first-order valence-electron chi connectivity index (χ1n) is 10.5. The molecule has 0 aliphatic carbocycles. The monoisotopic (exact) mass is 435 g/mol. The molecule has 0 saturated carbocycles. The number of carbonyl (C=O) groups is 3. The number of benzene rings is 1. The summed E-state index contributed by atoms with van der Waals surface area (Å²) in [5, 5.41) is 2.63. The van der Waals surface area contributed by atoms with Gasteiger partial charge < -0.3 is 19.1 Å². The summed E-state index contributed by atoms with van der Waals surface area (Å²) < 4.78 is 15.9. The van der Waals surface area contributed by atoms with Crippen LogP contribution < -0.4 is 15.0 Å². The Bertz CT molecular complexity index is 790. The van der Waals surface area contributed by atoms with Crippen LogP contribution in [0.2, 0.25) is 0 Å². The van der Waals surface area contributed by atoms with E-state index in [0.29, 0.717) is 25.4 Å². The zero-order chi connectivity index (χ0) is 23.0. The van der Waals surface area contributed by atoms with Crippen molar-refractivity contribution >= 4 is 29.3 Å². The Labute approximate surface area is 183 Å². The van der Waals surface area contributed by atoms with Crippen molar-refractivity contribution in [3.8, 4) is 5.75 Å². The van der Waals surface area contributed by atoms with Crippen molar-refractivity contribution in [2.75, 3.05) is 50.1 Å². The largest absolute Gasteiger partial charge is 0.444 e. The molecule has 0 atom stereocenters. The molecular weight excluding hydrogens is 402 g/mol. The maximum atomic E-state index is 12.9. The lowest BCUT2D eigenvalue weighted by molar-refractivity contribution is -0.134. The molecule has 1 heterocycles. The molecule has 31 heavy (non-hydrogen) atoms. The summed E-state index contributed by atoms with van der Waals surface area (Å²) >= 11 is 0. The predicted octanol–water partition coefficient (Wildman–Crippen LogP) is 3.03. The molecule has 0 bridgehead atoms. The Hall–Kier alpha value is -2.65. The molecule has 2 rings (SSSR count). The van der Waals surface area contributed by atoms with Crippen molar-refractivity contribution in [1.82, 2.24) is 4.90 Å². The van der Waals surface area contributed by atoms with Gasteiger partial charge >= 0.3 is 12.1 Å². The average Bonchev–Trinajstić information content (AvgIpc) is 2.68. The Morgan fingerprint density at radius 1 is 1.19 bits per heavy atom. The summed E-state index contributed by atoms with van der Waals surface area (Å²) in [4.78, 5) is 40.9. The number of hydrogen-bond acceptors (Lipinski definition) is 7. The number of anilines is 2. The van der Waals surface area contributed by atoms with Crippen LogP contribution in [-0.4, -0.2) is 68.4 Å². The number of esters is 1. The molecule has 1 aromatic carbocycles. The molecular formula is C22H33N3O6. The van der Waals surface area contributed by atoms with Crippen molar-refractivity contribution in [3.63, 3.8) is 0 Å². The van der Waals surface area contributed by atoms with Gasteiger partial charge in [0, 0.05) is 39.8 Å². The number of carbonyl (C=O) groups excluding carboxylic acids is 3. The van der Waals surface area contributed by atoms with Gasteiger partial charge in [-0.15, -0.1) is 0 Å². The van der Waals surface area contributed by atoms with Crippen molar-refractivity contribution in [3.05, 3.63) is 18.2 Å². The van der Waals surface area contributed by atoms with Gasteiger partial charge in [0.1, 0.15) is 5.60 Å². The Balaban J connectivity index is 2.25. The van der Waals surface area contributed by atoms with Crippen molar-refractivity contribution in [2.45, 2.75) is 46.1 Å². The Kier molecular flexibility index (Phi) is 8.82. The molecule has 172 valence electrons. The van der Waals surface area contributed by atoms with Crippen LogP contribution in [0.3, 0.4) is 0 Å². The summed E-state index contributed by atoms with van der Waals surface area (Å²) in [5.41, 5.74) is 0.0256. The third kappa shape index (κ3) is 7.52. The number of rotatable bonds is 8. The highest BCUT2D eigenvalue weighted by molar-refractivity contribution is 6.00. The van der Waals surface area contributed by atoms with Crippen LogP contribution in [0.15, 0.2) is 18.2 Å². The fourth-order valence-corrected chi connectivity index (χ4v) is 3.14. The molecule has 2 amide bonds. The summed E-state index contributed by atoms with van der Waals surface area (Å²) in [5.74, 6) is -0.432. The maximum absolute atomic E-state index is 12.9. The second kappa shape index (κ2) is 11.1. The highest BCUT2D eigenvalue weighted by Crippen LogP contribution is 2.37. The van der Waals surface area contributed by atoms with E-state index in [0.717, 1.165) is 13.0 Å². The third-order valence-corrected chi connectivity index (χ3v) is 4.55. The minimum atomic E-state index is -0.683. The van der Waals surface area contributed by atoms with E-state index in [1.165, 1.54) is 0 Å². The summed E-state index contributed by atoms with van der Waals surface area (Å²) in [6.45, 7) is 9.74. The van der Waals surface area contributed by atoms with Gasteiger partial charge in [-0.2, -0.15) is 0 Å². The lowest BCUT2D eigenvalue weighted by atomic mass is 10.2. The molecule has 1 aliphatic heterocycles. The predicted molar refractivity (Wildman–Crippen MR) is 118 cm³/mol. The topological polar surface area (TPSA) is 97.4 Å².